The van der Waals surface area contributed by atoms with Gasteiger partial charge in [0.25, 0.3) is 0 Å². The number of nitrogens with one attached hydrogen (secondary N) is 3. The van der Waals surface area contributed by atoms with Gasteiger partial charge in [-0.3, -0.25) is 0 Å². The molecular formula is C23H29N5O. The summed E-state index contributed by atoms with van der Waals surface area (Å²) in [5, 5.41) is 9.53. The van der Waals surface area contributed by atoms with Gasteiger partial charge >= 0.3 is 0 Å². The van der Waals surface area contributed by atoms with Gasteiger partial charge in [-0.15, -0.1) is 0 Å². The molecule has 0 aliphatic carbocycles. The van der Waals surface area contributed by atoms with E-state index in [0.29, 0.717) is 5.95 Å². The monoisotopic (exact) mass is 391 g/mol. The minimum Gasteiger partial charge on any atom is -0.486 e. The molecule has 0 saturated carbocycles. The van der Waals surface area contributed by atoms with Crippen LogP contribution in [0.25, 0.3) is 11.3 Å². The van der Waals surface area contributed by atoms with Gasteiger partial charge in [-0.05, 0) is 44.4 Å². The fourth-order valence-electron chi connectivity index (χ4n) is 3.03. The van der Waals surface area contributed by atoms with E-state index in [1.165, 1.54) is 5.56 Å². The van der Waals surface area contributed by atoms with Gasteiger partial charge in [0, 0.05) is 31.3 Å². The maximum Gasteiger partial charge on any atom is 0.223 e. The molecule has 2 aromatic carbocycles. The van der Waals surface area contributed by atoms with Crippen molar-refractivity contribution in [2.45, 2.75) is 12.5 Å². The predicted molar refractivity (Wildman–Crippen MR) is 118 cm³/mol. The number of anilines is 1. The summed E-state index contributed by atoms with van der Waals surface area (Å²) in [6, 6.07) is 20.3. The number of nitrogens with zero attached hydrogens (tertiary/aromatic N) is 2. The molecule has 6 nitrogen and oxygen atoms in total. The lowest BCUT2D eigenvalue weighted by atomic mass is 10.1. The van der Waals surface area contributed by atoms with E-state index >= 15 is 0 Å². The van der Waals surface area contributed by atoms with Gasteiger partial charge in [0.2, 0.25) is 5.95 Å². The minimum atomic E-state index is -0.0110. The molecule has 6 heteroatoms. The maximum absolute atomic E-state index is 6.37. The molecule has 1 atom stereocenters. The van der Waals surface area contributed by atoms with Crippen LogP contribution in [0.1, 0.15) is 18.1 Å². The van der Waals surface area contributed by atoms with Gasteiger partial charge in [0.05, 0.1) is 5.69 Å². The zero-order chi connectivity index (χ0) is 20.3. The Balaban J connectivity index is 1.77. The van der Waals surface area contributed by atoms with E-state index < -0.39 is 0 Å². The molecular weight excluding hydrogens is 362 g/mol. The fourth-order valence-corrected chi connectivity index (χ4v) is 3.03. The van der Waals surface area contributed by atoms with Gasteiger partial charge in [0.15, 0.2) is 0 Å². The van der Waals surface area contributed by atoms with Crippen molar-refractivity contribution >= 4 is 5.95 Å². The number of aromatic nitrogens is 2. The Hall–Kier alpha value is -2.96. The number of rotatable bonds is 11. The molecule has 0 bridgehead atoms. The third-order valence-corrected chi connectivity index (χ3v) is 4.55. The van der Waals surface area contributed by atoms with E-state index in [9.17, 15) is 0 Å². The molecule has 3 aromatic rings. The summed E-state index contributed by atoms with van der Waals surface area (Å²) in [6.45, 7) is 2.50. The molecule has 3 rings (SSSR count). The predicted octanol–water partition coefficient (Wildman–Crippen LogP) is 3.50. The zero-order valence-corrected chi connectivity index (χ0v) is 17.1. The zero-order valence-electron chi connectivity index (χ0n) is 17.1. The van der Waals surface area contributed by atoms with Crippen LogP contribution < -0.4 is 20.7 Å². The fraction of sp³-hybridized carbons (Fsp3) is 0.304. The average molecular weight is 392 g/mol. The van der Waals surface area contributed by atoms with Gasteiger partial charge in [0.1, 0.15) is 11.9 Å². The molecule has 0 amide bonds. The molecule has 1 heterocycles. The first-order valence-electron chi connectivity index (χ1n) is 9.98. The Morgan fingerprint density at radius 2 is 1.72 bits per heavy atom. The van der Waals surface area contributed by atoms with Crippen molar-refractivity contribution in [2.24, 2.45) is 0 Å². The lowest BCUT2D eigenvalue weighted by Crippen LogP contribution is -2.18. The molecule has 152 valence electrons. The number of benzene rings is 2. The molecule has 0 spiro atoms. The van der Waals surface area contributed by atoms with Crippen LogP contribution in [0.4, 0.5) is 5.95 Å². The third kappa shape index (κ3) is 6.27. The molecule has 0 aliphatic heterocycles. The van der Waals surface area contributed by atoms with E-state index in [-0.39, 0.29) is 6.10 Å². The number of hydrogen-bond donors (Lipinski definition) is 3. The molecule has 1 unspecified atom stereocenters. The minimum absolute atomic E-state index is 0.0110. The molecule has 0 aliphatic rings. The van der Waals surface area contributed by atoms with Crippen LogP contribution in [-0.2, 0) is 0 Å². The second-order valence-electron chi connectivity index (χ2n) is 6.73. The highest BCUT2D eigenvalue weighted by Crippen LogP contribution is 2.28. The van der Waals surface area contributed by atoms with Gasteiger partial charge in [-0.25, -0.2) is 9.97 Å². The summed E-state index contributed by atoms with van der Waals surface area (Å²) in [5.74, 6) is 1.45. The van der Waals surface area contributed by atoms with Crippen LogP contribution in [0, 0.1) is 0 Å². The Bertz CT molecular complexity index is 872. The van der Waals surface area contributed by atoms with Crippen LogP contribution in [0.3, 0.4) is 0 Å². The summed E-state index contributed by atoms with van der Waals surface area (Å²) in [4.78, 5) is 8.92. The van der Waals surface area contributed by atoms with E-state index in [2.05, 4.69) is 38.1 Å². The van der Waals surface area contributed by atoms with Crippen LogP contribution in [0.2, 0.25) is 0 Å². The number of ether oxygens (including phenoxy) is 1. The van der Waals surface area contributed by atoms with Gasteiger partial charge in [-0.2, -0.15) is 0 Å². The quantitative estimate of drug-likeness (QED) is 0.435. The van der Waals surface area contributed by atoms with E-state index in [1.807, 2.05) is 62.6 Å². The van der Waals surface area contributed by atoms with Crippen LogP contribution in [0.5, 0.6) is 5.75 Å². The van der Waals surface area contributed by atoms with Gasteiger partial charge < -0.3 is 20.7 Å². The number of hydrogen-bond acceptors (Lipinski definition) is 6. The van der Waals surface area contributed by atoms with Crippen molar-refractivity contribution in [1.82, 2.24) is 20.6 Å². The van der Waals surface area contributed by atoms with Gasteiger partial charge in [-0.1, -0.05) is 42.5 Å². The highest BCUT2D eigenvalue weighted by atomic mass is 16.5. The van der Waals surface area contributed by atoms with E-state index in [4.69, 9.17) is 4.74 Å². The van der Waals surface area contributed by atoms with Crippen molar-refractivity contribution in [3.8, 4) is 17.0 Å². The summed E-state index contributed by atoms with van der Waals surface area (Å²) in [6.07, 6.45) is 2.65. The third-order valence-electron chi connectivity index (χ3n) is 4.55. The van der Waals surface area contributed by atoms with E-state index in [1.54, 1.807) is 6.20 Å². The molecule has 1 aromatic heterocycles. The molecule has 29 heavy (non-hydrogen) atoms. The topological polar surface area (TPSA) is 71.1 Å². The van der Waals surface area contributed by atoms with E-state index in [0.717, 1.165) is 43.1 Å². The highest BCUT2D eigenvalue weighted by Gasteiger charge is 2.13. The van der Waals surface area contributed by atoms with Crippen molar-refractivity contribution in [2.75, 3.05) is 39.0 Å². The summed E-state index contributed by atoms with van der Waals surface area (Å²) < 4.78 is 6.37. The first-order chi connectivity index (χ1) is 14.3. The maximum atomic E-state index is 6.37. The van der Waals surface area contributed by atoms with Crippen molar-refractivity contribution in [1.29, 1.82) is 0 Å². The first kappa shape index (κ1) is 20.8. The largest absolute Gasteiger partial charge is 0.486 e. The lowest BCUT2D eigenvalue weighted by Gasteiger charge is -2.20. The smallest absolute Gasteiger partial charge is 0.223 e. The van der Waals surface area contributed by atoms with Crippen LogP contribution >= 0.6 is 0 Å². The second-order valence-corrected chi connectivity index (χ2v) is 6.73. The Kier molecular flexibility index (Phi) is 7.98. The molecule has 3 N–H and O–H groups in total. The number of likely N-dealkylation sites (N-methyl/N-ethyl adjacent to an activating group) is 1. The SMILES string of the molecule is CNCCNc1nccc(-c2cccc(OC(CCNC)c3ccccc3)c2)n1. The summed E-state index contributed by atoms with van der Waals surface area (Å²) >= 11 is 0. The Labute approximate surface area is 172 Å². The normalized spacial score (nSPS) is 11.8. The van der Waals surface area contributed by atoms with Crippen LogP contribution in [-0.4, -0.2) is 43.7 Å². The summed E-state index contributed by atoms with van der Waals surface area (Å²) in [5.41, 5.74) is 3.04. The molecule has 0 radical (unpaired) electrons. The Morgan fingerprint density at radius 1 is 0.897 bits per heavy atom. The highest BCUT2D eigenvalue weighted by molar-refractivity contribution is 5.62. The molecule has 0 fully saturated rings. The lowest BCUT2D eigenvalue weighted by molar-refractivity contribution is 0.195. The van der Waals surface area contributed by atoms with Crippen molar-refractivity contribution < 1.29 is 4.74 Å². The van der Waals surface area contributed by atoms with Crippen LogP contribution in [0.15, 0.2) is 66.9 Å². The average Bonchev–Trinajstić information content (AvgIpc) is 2.78. The Morgan fingerprint density at radius 3 is 2.52 bits per heavy atom. The second kappa shape index (κ2) is 11.1. The van der Waals surface area contributed by atoms with Crippen molar-refractivity contribution in [3.63, 3.8) is 0 Å². The standard InChI is InChI=1S/C23H29N5O/c1-24-13-12-22(18-7-4-3-5-8-18)29-20-10-6-9-19(17-20)21-11-14-26-23(28-21)27-16-15-25-2/h3-11,14,17,22,24-25H,12-13,15-16H2,1-2H3,(H,26,27,28). The first-order valence-corrected chi connectivity index (χ1v) is 9.98. The van der Waals surface area contributed by atoms with Crippen molar-refractivity contribution in [3.05, 3.63) is 72.4 Å². The molecule has 0 saturated heterocycles. The summed E-state index contributed by atoms with van der Waals surface area (Å²) in [7, 11) is 3.88.